The van der Waals surface area contributed by atoms with E-state index in [1.54, 1.807) is 7.11 Å². The Morgan fingerprint density at radius 3 is 2.04 bits per heavy atom. The number of nitrogens with one attached hydrogen (secondary N) is 1. The van der Waals surface area contributed by atoms with Crippen molar-refractivity contribution in [2.24, 2.45) is 5.41 Å². The van der Waals surface area contributed by atoms with Gasteiger partial charge in [0.15, 0.2) is 17.3 Å². The fourth-order valence-electron chi connectivity index (χ4n) is 7.10. The molecule has 0 radical (unpaired) electrons. The first-order chi connectivity index (χ1) is 24.0. The van der Waals surface area contributed by atoms with E-state index in [0.717, 1.165) is 62.9 Å². The number of fused-ring (bicyclic) bond motifs is 1. The summed E-state index contributed by atoms with van der Waals surface area (Å²) in [6, 6.07) is 34.3. The van der Waals surface area contributed by atoms with Crippen molar-refractivity contribution < 1.29 is 19.0 Å². The molecule has 1 atom stereocenters. The van der Waals surface area contributed by atoms with Crippen LogP contribution in [0.1, 0.15) is 81.3 Å². The predicted molar refractivity (Wildman–Crippen MR) is 197 cm³/mol. The molecule has 0 saturated heterocycles. The van der Waals surface area contributed by atoms with Crippen LogP contribution in [0.15, 0.2) is 114 Å². The lowest BCUT2D eigenvalue weighted by atomic mass is 9.68. The van der Waals surface area contributed by atoms with Gasteiger partial charge >= 0.3 is 0 Å². The molecule has 0 bridgehead atoms. The van der Waals surface area contributed by atoms with E-state index in [9.17, 15) is 4.79 Å². The van der Waals surface area contributed by atoms with E-state index in [2.05, 4.69) is 64.2 Å². The summed E-state index contributed by atoms with van der Waals surface area (Å²) in [5, 5.41) is 9.04. The molecule has 5 aromatic rings. The average Bonchev–Trinajstić information content (AvgIpc) is 3.49. The van der Waals surface area contributed by atoms with Crippen LogP contribution >= 0.6 is 0 Å². The van der Waals surface area contributed by atoms with Crippen LogP contribution in [-0.2, 0) is 23.4 Å². The summed E-state index contributed by atoms with van der Waals surface area (Å²) in [5.74, 6) is 2.75. The fraction of sp³-hybridized carbons (Fsp3) is 0.302. The topological polar surface area (TPSA) is 74.6 Å². The van der Waals surface area contributed by atoms with Crippen molar-refractivity contribution in [3.8, 4) is 22.9 Å². The number of nitrogens with zero attached hydrogens (tertiary/aromatic N) is 2. The zero-order valence-electron chi connectivity index (χ0n) is 29.7. The molecular weight excluding hydrogens is 622 g/mol. The number of hydrogen-bond donors (Lipinski definition) is 1. The van der Waals surface area contributed by atoms with Gasteiger partial charge in [-0.3, -0.25) is 4.79 Å². The van der Waals surface area contributed by atoms with Crippen LogP contribution < -0.4 is 19.5 Å². The molecule has 7 heteroatoms. The molecule has 2 aliphatic rings. The average molecular weight is 668 g/mol. The number of ether oxygens (including phenoxy) is 3. The van der Waals surface area contributed by atoms with Gasteiger partial charge in [-0.05, 0) is 64.9 Å². The Hall–Kier alpha value is -5.30. The van der Waals surface area contributed by atoms with Crippen molar-refractivity contribution in [1.82, 2.24) is 9.78 Å². The number of rotatable bonds is 9. The zero-order valence-corrected chi connectivity index (χ0v) is 29.7. The Morgan fingerprint density at radius 2 is 1.44 bits per heavy atom. The Kier molecular flexibility index (Phi) is 8.77. The van der Waals surface area contributed by atoms with E-state index in [1.807, 2.05) is 83.5 Å². The van der Waals surface area contributed by atoms with Gasteiger partial charge in [-0.1, -0.05) is 101 Å². The molecule has 0 amide bonds. The third-order valence-electron chi connectivity index (χ3n) is 9.49. The number of methoxy groups -OCH3 is 1. The molecule has 0 saturated carbocycles. The number of anilines is 1. The molecule has 0 fully saturated rings. The van der Waals surface area contributed by atoms with Crippen molar-refractivity contribution in [2.45, 2.75) is 72.0 Å². The van der Waals surface area contributed by atoms with Crippen LogP contribution in [0.25, 0.3) is 5.69 Å². The van der Waals surface area contributed by atoms with E-state index in [1.165, 1.54) is 0 Å². The molecule has 50 heavy (non-hydrogen) atoms. The van der Waals surface area contributed by atoms with Crippen molar-refractivity contribution in [1.29, 1.82) is 0 Å². The van der Waals surface area contributed by atoms with Crippen LogP contribution in [0, 0.1) is 5.41 Å². The van der Waals surface area contributed by atoms with E-state index in [4.69, 9.17) is 19.3 Å². The highest BCUT2D eigenvalue weighted by atomic mass is 16.5. The number of hydrogen-bond acceptors (Lipinski definition) is 6. The van der Waals surface area contributed by atoms with Gasteiger partial charge in [0.2, 0.25) is 0 Å². The molecule has 7 nitrogen and oxygen atoms in total. The number of ketones is 1. The quantitative estimate of drug-likeness (QED) is 0.169. The van der Waals surface area contributed by atoms with Crippen LogP contribution in [-0.4, -0.2) is 22.7 Å². The van der Waals surface area contributed by atoms with Gasteiger partial charge < -0.3 is 19.5 Å². The summed E-state index contributed by atoms with van der Waals surface area (Å²) < 4.78 is 20.4. The maximum atomic E-state index is 14.3. The molecule has 1 N–H and O–H groups in total. The molecule has 7 rings (SSSR count). The lowest BCUT2D eigenvalue weighted by Gasteiger charge is -2.39. The second-order valence-electron chi connectivity index (χ2n) is 15.1. The maximum absolute atomic E-state index is 14.3. The normalized spacial score (nSPS) is 16.7. The number of Topliss-reactive ketones (excluding diaryl/α,β-unsaturated/α-hetero) is 1. The summed E-state index contributed by atoms with van der Waals surface area (Å²) in [7, 11) is 1.67. The van der Waals surface area contributed by atoms with Gasteiger partial charge in [0.05, 0.1) is 18.5 Å². The van der Waals surface area contributed by atoms with Crippen molar-refractivity contribution in [3.63, 3.8) is 0 Å². The van der Waals surface area contributed by atoms with Crippen molar-refractivity contribution >= 4 is 11.6 Å². The molecule has 1 aliphatic carbocycles. The molecule has 1 unspecified atom stereocenters. The van der Waals surface area contributed by atoms with Gasteiger partial charge in [-0.2, -0.15) is 5.10 Å². The molecule has 1 aromatic heterocycles. The van der Waals surface area contributed by atoms with Gasteiger partial charge in [0, 0.05) is 34.6 Å². The van der Waals surface area contributed by atoms with Crippen LogP contribution in [0.2, 0.25) is 0 Å². The minimum Gasteiger partial charge on any atom is -0.497 e. The summed E-state index contributed by atoms with van der Waals surface area (Å²) >= 11 is 0. The number of allylic oxidation sites excluding steroid dienone is 2. The van der Waals surface area contributed by atoms with Crippen LogP contribution in [0.5, 0.6) is 17.2 Å². The summed E-state index contributed by atoms with van der Waals surface area (Å²) in [4.78, 5) is 14.3. The maximum Gasteiger partial charge on any atom is 0.162 e. The first-order valence-electron chi connectivity index (χ1n) is 17.3. The third kappa shape index (κ3) is 6.65. The van der Waals surface area contributed by atoms with Gasteiger partial charge in [0.1, 0.15) is 24.8 Å². The number of carbonyl (C=O) groups is 1. The highest BCUT2D eigenvalue weighted by molar-refractivity contribution is 6.01. The molecule has 256 valence electrons. The Balaban J connectivity index is 1.39. The standard InChI is InChI=1S/C43H45N3O4/c1-42(2,3)40-39-37(30-17-22-35(49-26-28-13-9-7-10-14-28)36(23-30)50-27-29-15-11-8-12-16-29)38-33(24-43(4,5)25-34(38)47)44-41(39)46(45-40)31-18-20-32(48-6)21-19-31/h7-23,37,44H,24-27H2,1-6H3. The predicted octanol–water partition coefficient (Wildman–Crippen LogP) is 9.54. The SMILES string of the molecule is COc1ccc(-n2nc(C(C)(C)C)c3c2NC2=C(C(=O)CC(C)(C)C2)C3c2ccc(OCc3ccccc3)c(OCc3ccccc3)c2)cc1. The first-order valence-corrected chi connectivity index (χ1v) is 17.3. The Bertz CT molecular complexity index is 2040. The van der Waals surface area contributed by atoms with E-state index in [0.29, 0.717) is 31.1 Å². The molecule has 0 spiro atoms. The molecule has 1 aliphatic heterocycles. The second kappa shape index (κ2) is 13.2. The smallest absolute Gasteiger partial charge is 0.162 e. The number of aromatic nitrogens is 2. The fourth-order valence-corrected chi connectivity index (χ4v) is 7.10. The summed E-state index contributed by atoms with van der Waals surface area (Å²) in [6.07, 6.45) is 1.23. The largest absolute Gasteiger partial charge is 0.497 e. The Morgan fingerprint density at radius 1 is 0.820 bits per heavy atom. The minimum absolute atomic E-state index is 0.160. The first kappa shape index (κ1) is 33.2. The highest BCUT2D eigenvalue weighted by Gasteiger charge is 2.45. The van der Waals surface area contributed by atoms with Crippen molar-refractivity contribution in [3.05, 3.63) is 142 Å². The minimum atomic E-state index is -0.353. The lowest BCUT2D eigenvalue weighted by molar-refractivity contribution is -0.118. The van der Waals surface area contributed by atoms with Crippen LogP contribution in [0.3, 0.4) is 0 Å². The number of carbonyl (C=O) groups excluding carboxylic acids is 1. The van der Waals surface area contributed by atoms with E-state index < -0.39 is 0 Å². The summed E-state index contributed by atoms with van der Waals surface area (Å²) in [6.45, 7) is 11.6. The van der Waals surface area contributed by atoms with Gasteiger partial charge in [0.25, 0.3) is 0 Å². The molecule has 4 aromatic carbocycles. The van der Waals surface area contributed by atoms with Gasteiger partial charge in [-0.25, -0.2) is 4.68 Å². The third-order valence-corrected chi connectivity index (χ3v) is 9.49. The zero-order chi connectivity index (χ0) is 35.0. The Labute approximate surface area is 294 Å². The molecule has 2 heterocycles. The lowest BCUT2D eigenvalue weighted by Crippen LogP contribution is -2.34. The second-order valence-corrected chi connectivity index (χ2v) is 15.1. The van der Waals surface area contributed by atoms with E-state index in [-0.39, 0.29) is 22.5 Å². The monoisotopic (exact) mass is 667 g/mol. The molecular formula is C43H45N3O4. The highest BCUT2D eigenvalue weighted by Crippen LogP contribution is 2.52. The summed E-state index contributed by atoms with van der Waals surface area (Å²) in [5.41, 5.74) is 7.20. The van der Waals surface area contributed by atoms with E-state index >= 15 is 0 Å². The van der Waals surface area contributed by atoms with Gasteiger partial charge in [-0.15, -0.1) is 0 Å². The number of benzene rings is 4. The van der Waals surface area contributed by atoms with Crippen LogP contribution in [0.4, 0.5) is 5.82 Å². The van der Waals surface area contributed by atoms with Crippen molar-refractivity contribution in [2.75, 3.05) is 12.4 Å².